The van der Waals surface area contributed by atoms with Crippen LogP contribution < -0.4 is 0 Å². The first-order valence-corrected chi connectivity index (χ1v) is 3.62. The van der Waals surface area contributed by atoms with E-state index in [1.165, 1.54) is 0 Å². The monoisotopic (exact) mass is 169 g/mol. The summed E-state index contributed by atoms with van der Waals surface area (Å²) in [5.74, 6) is -1.38. The van der Waals surface area contributed by atoms with E-state index in [2.05, 4.69) is 0 Å². The zero-order valence-corrected chi connectivity index (χ0v) is 6.28. The van der Waals surface area contributed by atoms with Crippen molar-refractivity contribution < 1.29 is 19.0 Å². The van der Waals surface area contributed by atoms with Crippen LogP contribution in [0.2, 0.25) is 0 Å². The Morgan fingerprint density at radius 1 is 1.75 bits per heavy atom. The Hall–Kier alpha value is -1.12. The number of carbonyl (C=O) groups excluding carboxylic acids is 1. The van der Waals surface area contributed by atoms with Gasteiger partial charge >= 0.3 is 5.97 Å². The number of nitrogens with zero attached hydrogens (tertiary/aromatic N) is 1. The summed E-state index contributed by atoms with van der Waals surface area (Å²) >= 11 is 0. The average molecular weight is 169 g/mol. The molecular formula is C7H7NO4. The molecule has 0 aliphatic carbocycles. The van der Waals surface area contributed by atoms with Crippen LogP contribution in [0, 0.1) is 11.3 Å². The number of hydrogen-bond acceptors (Lipinski definition) is 5. The van der Waals surface area contributed by atoms with E-state index in [0.717, 1.165) is 0 Å². The van der Waals surface area contributed by atoms with Crippen LogP contribution in [-0.4, -0.2) is 24.7 Å². The van der Waals surface area contributed by atoms with Gasteiger partial charge in [-0.1, -0.05) is 0 Å². The van der Waals surface area contributed by atoms with Crippen molar-refractivity contribution in [2.45, 2.75) is 24.9 Å². The SMILES string of the molecule is N#CCC12CC(=O)OC(CO1)O2. The molecule has 0 aromatic carbocycles. The third kappa shape index (κ3) is 1.05. The van der Waals surface area contributed by atoms with Crippen molar-refractivity contribution >= 4 is 5.97 Å². The highest BCUT2D eigenvalue weighted by atomic mass is 16.8. The number of ether oxygens (including phenoxy) is 3. The number of nitriles is 1. The average Bonchev–Trinajstić information content (AvgIpc) is 2.27. The van der Waals surface area contributed by atoms with Crippen molar-refractivity contribution in [2.75, 3.05) is 6.61 Å². The number of carbonyl (C=O) groups is 1. The lowest BCUT2D eigenvalue weighted by Gasteiger charge is -2.27. The van der Waals surface area contributed by atoms with Gasteiger partial charge in [0.25, 0.3) is 0 Å². The molecule has 0 spiro atoms. The summed E-state index contributed by atoms with van der Waals surface area (Å²) in [7, 11) is 0. The number of hydrogen-bond donors (Lipinski definition) is 0. The number of fused-ring (bicyclic) bond motifs is 2. The number of esters is 1. The predicted octanol–water partition coefficient (Wildman–Crippen LogP) is -0.0838. The molecule has 0 N–H and O–H groups in total. The molecule has 2 unspecified atom stereocenters. The van der Waals surface area contributed by atoms with Gasteiger partial charge in [-0.25, -0.2) is 0 Å². The molecule has 0 radical (unpaired) electrons. The van der Waals surface area contributed by atoms with Crippen LogP contribution in [0.5, 0.6) is 0 Å². The molecule has 2 bridgehead atoms. The largest absolute Gasteiger partial charge is 0.433 e. The smallest absolute Gasteiger partial charge is 0.313 e. The molecule has 64 valence electrons. The van der Waals surface area contributed by atoms with Crippen LogP contribution in [0.3, 0.4) is 0 Å². The maximum absolute atomic E-state index is 10.9. The molecule has 5 nitrogen and oxygen atoms in total. The molecule has 2 aliphatic rings. The highest BCUT2D eigenvalue weighted by Crippen LogP contribution is 2.35. The highest BCUT2D eigenvalue weighted by molar-refractivity contribution is 5.71. The molecule has 2 fully saturated rings. The zero-order valence-electron chi connectivity index (χ0n) is 6.28. The molecule has 2 rings (SSSR count). The Labute approximate surface area is 68.8 Å². The van der Waals surface area contributed by atoms with Gasteiger partial charge in [-0.15, -0.1) is 0 Å². The molecule has 2 atom stereocenters. The van der Waals surface area contributed by atoms with Gasteiger partial charge in [0, 0.05) is 0 Å². The van der Waals surface area contributed by atoms with Gasteiger partial charge in [0.1, 0.15) is 13.0 Å². The van der Waals surface area contributed by atoms with Gasteiger partial charge in [-0.3, -0.25) is 4.79 Å². The molecule has 2 saturated heterocycles. The van der Waals surface area contributed by atoms with Crippen molar-refractivity contribution in [1.82, 2.24) is 0 Å². The van der Waals surface area contributed by atoms with E-state index in [0.29, 0.717) is 0 Å². The van der Waals surface area contributed by atoms with E-state index in [1.807, 2.05) is 6.07 Å². The van der Waals surface area contributed by atoms with E-state index < -0.39 is 12.1 Å². The topological polar surface area (TPSA) is 68.6 Å². The van der Waals surface area contributed by atoms with Crippen LogP contribution in [0.15, 0.2) is 0 Å². The third-order valence-electron chi connectivity index (χ3n) is 1.85. The first kappa shape index (κ1) is 7.53. The first-order chi connectivity index (χ1) is 5.74. The normalized spacial score (nSPS) is 38.9. The van der Waals surface area contributed by atoms with E-state index in [9.17, 15) is 4.79 Å². The quantitative estimate of drug-likeness (QED) is 0.513. The number of rotatable bonds is 1. The van der Waals surface area contributed by atoms with Crippen molar-refractivity contribution in [1.29, 1.82) is 5.26 Å². The second kappa shape index (κ2) is 2.44. The van der Waals surface area contributed by atoms with Crippen LogP contribution in [-0.2, 0) is 19.0 Å². The van der Waals surface area contributed by atoms with Crippen molar-refractivity contribution in [3.05, 3.63) is 0 Å². The van der Waals surface area contributed by atoms with Gasteiger partial charge in [-0.2, -0.15) is 5.26 Å². The standard InChI is InChI=1S/C7H7NO4/c8-2-1-7-3-5(9)11-6(12-7)4-10-7/h6H,1,3-4H2. The van der Waals surface area contributed by atoms with Gasteiger partial charge in [0.05, 0.1) is 12.5 Å². The van der Waals surface area contributed by atoms with Crippen molar-refractivity contribution in [3.8, 4) is 6.07 Å². The summed E-state index contributed by atoms with van der Waals surface area (Å²) in [6, 6.07) is 1.92. The maximum Gasteiger partial charge on any atom is 0.313 e. The Morgan fingerprint density at radius 3 is 3.33 bits per heavy atom. The fraction of sp³-hybridized carbons (Fsp3) is 0.714. The Balaban J connectivity index is 2.16. The molecule has 0 amide bonds. The Bertz CT molecular complexity index is 259. The summed E-state index contributed by atoms with van der Waals surface area (Å²) < 4.78 is 15.1. The van der Waals surface area contributed by atoms with Crippen LogP contribution in [0.4, 0.5) is 0 Å². The minimum atomic E-state index is -1.02. The summed E-state index contributed by atoms with van der Waals surface area (Å²) in [6.07, 6.45) is -0.532. The van der Waals surface area contributed by atoms with Gasteiger partial charge in [0.2, 0.25) is 6.29 Å². The van der Waals surface area contributed by atoms with E-state index in [1.54, 1.807) is 0 Å². The van der Waals surface area contributed by atoms with Gasteiger partial charge in [-0.05, 0) is 0 Å². The summed E-state index contributed by atoms with van der Waals surface area (Å²) in [4.78, 5) is 10.9. The second-order valence-electron chi connectivity index (χ2n) is 2.77. The summed E-state index contributed by atoms with van der Waals surface area (Å²) in [6.45, 7) is 0.230. The van der Waals surface area contributed by atoms with Crippen LogP contribution in [0.25, 0.3) is 0 Å². The van der Waals surface area contributed by atoms with E-state index in [-0.39, 0.29) is 25.4 Å². The van der Waals surface area contributed by atoms with Crippen molar-refractivity contribution in [2.24, 2.45) is 0 Å². The summed E-state index contributed by atoms with van der Waals surface area (Å²) in [5.41, 5.74) is 0. The van der Waals surface area contributed by atoms with E-state index in [4.69, 9.17) is 19.5 Å². The Morgan fingerprint density at radius 2 is 2.58 bits per heavy atom. The van der Waals surface area contributed by atoms with Crippen LogP contribution >= 0.6 is 0 Å². The summed E-state index contributed by atoms with van der Waals surface area (Å²) in [5, 5.41) is 8.46. The van der Waals surface area contributed by atoms with Crippen LogP contribution in [0.1, 0.15) is 12.8 Å². The molecule has 2 heterocycles. The fourth-order valence-corrected chi connectivity index (χ4v) is 1.36. The predicted molar refractivity (Wildman–Crippen MR) is 34.5 cm³/mol. The highest BCUT2D eigenvalue weighted by Gasteiger charge is 2.49. The lowest BCUT2D eigenvalue weighted by molar-refractivity contribution is -0.244. The molecule has 12 heavy (non-hydrogen) atoms. The van der Waals surface area contributed by atoms with Gasteiger partial charge < -0.3 is 14.2 Å². The molecule has 0 saturated carbocycles. The Kier molecular flexibility index (Phi) is 1.53. The lowest BCUT2D eigenvalue weighted by Crippen LogP contribution is -2.39. The molecule has 5 heteroatoms. The maximum atomic E-state index is 10.9. The molecule has 0 aromatic heterocycles. The molecular weight excluding hydrogens is 162 g/mol. The first-order valence-electron chi connectivity index (χ1n) is 3.62. The fourth-order valence-electron chi connectivity index (χ4n) is 1.36. The van der Waals surface area contributed by atoms with Gasteiger partial charge in [0.15, 0.2) is 5.79 Å². The second-order valence-corrected chi connectivity index (χ2v) is 2.77. The molecule has 0 aromatic rings. The minimum absolute atomic E-state index is 0.0110. The third-order valence-corrected chi connectivity index (χ3v) is 1.85. The molecule has 2 aliphatic heterocycles. The van der Waals surface area contributed by atoms with Crippen molar-refractivity contribution in [3.63, 3.8) is 0 Å². The van der Waals surface area contributed by atoms with E-state index >= 15 is 0 Å². The minimum Gasteiger partial charge on any atom is -0.433 e. The lowest BCUT2D eigenvalue weighted by atomic mass is 10.1. The zero-order chi connectivity index (χ0) is 8.60.